The second kappa shape index (κ2) is 3.91. The van der Waals surface area contributed by atoms with Gasteiger partial charge in [-0.25, -0.2) is 0 Å². The Hall–Kier alpha value is -1.22. The molecular formula is C13H15ClN2O. The van der Waals surface area contributed by atoms with Crippen molar-refractivity contribution >= 4 is 23.2 Å². The van der Waals surface area contributed by atoms with Gasteiger partial charge in [-0.3, -0.25) is 4.79 Å². The van der Waals surface area contributed by atoms with Crippen LogP contribution in [0.5, 0.6) is 0 Å². The number of carbonyl (C=O) groups is 1. The second-order valence-corrected chi connectivity index (χ2v) is 5.35. The summed E-state index contributed by atoms with van der Waals surface area (Å²) in [7, 11) is 0. The molecule has 90 valence electrons. The zero-order valence-corrected chi connectivity index (χ0v) is 10.3. The van der Waals surface area contributed by atoms with Gasteiger partial charge >= 0.3 is 0 Å². The smallest absolute Gasteiger partial charge is 0.255 e. The SMILES string of the molecule is O=C1NC2(CCCCC2)Nc2ccc(Cl)cc21. The number of benzene rings is 1. The average molecular weight is 251 g/mol. The lowest BCUT2D eigenvalue weighted by Crippen LogP contribution is -2.58. The molecule has 1 aromatic carbocycles. The van der Waals surface area contributed by atoms with E-state index in [2.05, 4.69) is 10.6 Å². The largest absolute Gasteiger partial charge is 0.362 e. The number of carbonyl (C=O) groups excluding carboxylic acids is 1. The van der Waals surface area contributed by atoms with Gasteiger partial charge in [0.05, 0.1) is 5.56 Å². The molecule has 1 aliphatic carbocycles. The minimum Gasteiger partial charge on any atom is -0.362 e. The zero-order chi connectivity index (χ0) is 11.9. The van der Waals surface area contributed by atoms with E-state index >= 15 is 0 Å². The van der Waals surface area contributed by atoms with Gasteiger partial charge in [-0.1, -0.05) is 18.0 Å². The van der Waals surface area contributed by atoms with Gasteiger partial charge in [0.25, 0.3) is 5.91 Å². The van der Waals surface area contributed by atoms with Crippen molar-refractivity contribution in [2.24, 2.45) is 0 Å². The molecular weight excluding hydrogens is 236 g/mol. The van der Waals surface area contributed by atoms with Crippen LogP contribution in [-0.2, 0) is 0 Å². The van der Waals surface area contributed by atoms with Crippen LogP contribution >= 0.6 is 11.6 Å². The molecule has 1 aromatic rings. The van der Waals surface area contributed by atoms with Crippen LogP contribution in [0.1, 0.15) is 42.5 Å². The van der Waals surface area contributed by atoms with Crippen LogP contribution in [0.25, 0.3) is 0 Å². The third kappa shape index (κ3) is 1.89. The number of fused-ring (bicyclic) bond motifs is 1. The maximum Gasteiger partial charge on any atom is 0.255 e. The van der Waals surface area contributed by atoms with E-state index in [1.165, 1.54) is 6.42 Å². The number of nitrogens with one attached hydrogen (secondary N) is 2. The highest BCUT2D eigenvalue weighted by Gasteiger charge is 2.38. The minimum atomic E-state index is -0.226. The lowest BCUT2D eigenvalue weighted by atomic mass is 9.86. The van der Waals surface area contributed by atoms with Crippen molar-refractivity contribution in [3.05, 3.63) is 28.8 Å². The van der Waals surface area contributed by atoms with Gasteiger partial charge in [-0.2, -0.15) is 0 Å². The topological polar surface area (TPSA) is 41.1 Å². The van der Waals surface area contributed by atoms with Crippen molar-refractivity contribution in [1.29, 1.82) is 0 Å². The van der Waals surface area contributed by atoms with Gasteiger partial charge in [0.2, 0.25) is 0 Å². The van der Waals surface area contributed by atoms with E-state index in [0.717, 1.165) is 31.4 Å². The first-order chi connectivity index (χ1) is 8.19. The van der Waals surface area contributed by atoms with Crippen LogP contribution in [0.4, 0.5) is 5.69 Å². The normalized spacial score (nSPS) is 21.6. The van der Waals surface area contributed by atoms with Gasteiger partial charge in [0, 0.05) is 10.7 Å². The Balaban J connectivity index is 1.97. The van der Waals surface area contributed by atoms with Crippen molar-refractivity contribution in [3.8, 4) is 0 Å². The molecule has 0 aromatic heterocycles. The molecule has 0 radical (unpaired) electrons. The first-order valence-electron chi connectivity index (χ1n) is 6.09. The lowest BCUT2D eigenvalue weighted by Gasteiger charge is -2.43. The highest BCUT2D eigenvalue weighted by atomic mass is 35.5. The summed E-state index contributed by atoms with van der Waals surface area (Å²) < 4.78 is 0. The van der Waals surface area contributed by atoms with E-state index in [1.54, 1.807) is 6.07 Å². The average Bonchev–Trinajstić information content (AvgIpc) is 2.31. The van der Waals surface area contributed by atoms with Crippen LogP contribution in [-0.4, -0.2) is 11.6 Å². The van der Waals surface area contributed by atoms with Crippen molar-refractivity contribution in [3.63, 3.8) is 0 Å². The molecule has 0 saturated heterocycles. The summed E-state index contributed by atoms with van der Waals surface area (Å²) in [4.78, 5) is 12.1. The molecule has 1 heterocycles. The van der Waals surface area contributed by atoms with Gasteiger partial charge in [0.15, 0.2) is 0 Å². The van der Waals surface area contributed by atoms with Crippen molar-refractivity contribution < 1.29 is 4.79 Å². The molecule has 0 bridgehead atoms. The molecule has 0 atom stereocenters. The van der Waals surface area contributed by atoms with E-state index in [1.807, 2.05) is 12.1 Å². The predicted molar refractivity (Wildman–Crippen MR) is 68.4 cm³/mol. The summed E-state index contributed by atoms with van der Waals surface area (Å²) in [5, 5.41) is 7.18. The Kier molecular flexibility index (Phi) is 2.51. The van der Waals surface area contributed by atoms with Crippen LogP contribution in [0, 0.1) is 0 Å². The molecule has 1 aliphatic heterocycles. The van der Waals surface area contributed by atoms with Crippen LogP contribution in [0.3, 0.4) is 0 Å². The Morgan fingerprint density at radius 3 is 2.65 bits per heavy atom. The standard InChI is InChI=1S/C13H15ClN2O/c14-9-4-5-11-10(8-9)12(17)16-13(15-11)6-2-1-3-7-13/h4-5,8,15H,1-3,6-7H2,(H,16,17). The molecule has 17 heavy (non-hydrogen) atoms. The maximum atomic E-state index is 12.1. The summed E-state index contributed by atoms with van der Waals surface area (Å²) in [5.41, 5.74) is 1.32. The number of hydrogen-bond acceptors (Lipinski definition) is 2. The molecule has 1 amide bonds. The summed E-state index contributed by atoms with van der Waals surface area (Å²) in [5.74, 6) is -0.0110. The third-order valence-corrected chi connectivity index (χ3v) is 3.90. The number of amides is 1. The van der Waals surface area contributed by atoms with Crippen molar-refractivity contribution in [2.45, 2.75) is 37.8 Å². The summed E-state index contributed by atoms with van der Waals surface area (Å²) >= 11 is 5.91. The summed E-state index contributed by atoms with van der Waals surface area (Å²) in [6.07, 6.45) is 5.58. The van der Waals surface area contributed by atoms with Gasteiger partial charge in [0.1, 0.15) is 5.66 Å². The van der Waals surface area contributed by atoms with Crippen molar-refractivity contribution in [2.75, 3.05) is 5.32 Å². The molecule has 0 unspecified atom stereocenters. The molecule has 2 N–H and O–H groups in total. The molecule has 1 fully saturated rings. The molecule has 3 rings (SSSR count). The molecule has 4 heteroatoms. The van der Waals surface area contributed by atoms with E-state index in [-0.39, 0.29) is 11.6 Å². The quantitative estimate of drug-likeness (QED) is 0.743. The van der Waals surface area contributed by atoms with E-state index < -0.39 is 0 Å². The van der Waals surface area contributed by atoms with Crippen LogP contribution in [0.2, 0.25) is 5.02 Å². The van der Waals surface area contributed by atoms with Crippen LogP contribution < -0.4 is 10.6 Å². The first kappa shape index (κ1) is 10.9. The van der Waals surface area contributed by atoms with Crippen LogP contribution in [0.15, 0.2) is 18.2 Å². The lowest BCUT2D eigenvalue weighted by molar-refractivity contribution is 0.0876. The highest BCUT2D eigenvalue weighted by Crippen LogP contribution is 2.35. The Morgan fingerprint density at radius 2 is 1.88 bits per heavy atom. The van der Waals surface area contributed by atoms with Gasteiger partial charge in [-0.05, 0) is 43.9 Å². The fourth-order valence-electron chi connectivity index (χ4n) is 2.79. The summed E-state index contributed by atoms with van der Waals surface area (Å²) in [6, 6.07) is 5.43. The fourth-order valence-corrected chi connectivity index (χ4v) is 2.96. The minimum absolute atomic E-state index is 0.0110. The number of rotatable bonds is 0. The Morgan fingerprint density at radius 1 is 1.12 bits per heavy atom. The molecule has 1 saturated carbocycles. The second-order valence-electron chi connectivity index (χ2n) is 4.91. The molecule has 1 spiro atoms. The van der Waals surface area contributed by atoms with Gasteiger partial charge in [-0.15, -0.1) is 0 Å². The van der Waals surface area contributed by atoms with E-state index in [0.29, 0.717) is 10.6 Å². The predicted octanol–water partition coefficient (Wildman–Crippen LogP) is 3.16. The van der Waals surface area contributed by atoms with Gasteiger partial charge < -0.3 is 10.6 Å². The highest BCUT2D eigenvalue weighted by molar-refractivity contribution is 6.31. The number of hydrogen-bond donors (Lipinski definition) is 2. The van der Waals surface area contributed by atoms with E-state index in [9.17, 15) is 4.79 Å². The third-order valence-electron chi connectivity index (χ3n) is 3.66. The Bertz CT molecular complexity index is 466. The van der Waals surface area contributed by atoms with Crippen molar-refractivity contribution in [1.82, 2.24) is 5.32 Å². The first-order valence-corrected chi connectivity index (χ1v) is 6.47. The summed E-state index contributed by atoms with van der Waals surface area (Å²) in [6.45, 7) is 0. The Labute approximate surface area is 106 Å². The fraction of sp³-hybridized carbons (Fsp3) is 0.462. The monoisotopic (exact) mass is 250 g/mol. The maximum absolute atomic E-state index is 12.1. The molecule has 3 nitrogen and oxygen atoms in total. The molecule has 2 aliphatic rings. The number of halogens is 1. The number of anilines is 1. The van der Waals surface area contributed by atoms with E-state index in [4.69, 9.17) is 11.6 Å². The zero-order valence-electron chi connectivity index (χ0n) is 9.55.